The molecule has 0 heterocycles. The molecule has 106 valence electrons. The Balaban J connectivity index is 2.77. The Hall–Kier alpha value is -1.41. The molecule has 0 saturated heterocycles. The number of sulfonamides is 1. The van der Waals surface area contributed by atoms with Gasteiger partial charge in [0.15, 0.2) is 0 Å². The van der Waals surface area contributed by atoms with Gasteiger partial charge in [-0.15, -0.1) is 11.6 Å². The summed E-state index contributed by atoms with van der Waals surface area (Å²) in [6.07, 6.45) is 0.936. The zero-order chi connectivity index (χ0) is 14.5. The number of nitro benzene ring substituents is 1. The summed E-state index contributed by atoms with van der Waals surface area (Å²) in [6, 6.07) is 2.82. The third kappa shape index (κ3) is 4.99. The summed E-state index contributed by atoms with van der Waals surface area (Å²) in [5.74, 6) is -0.869. The van der Waals surface area contributed by atoms with Crippen molar-refractivity contribution in [2.45, 2.75) is 12.8 Å². The largest absolute Gasteiger partial charge is 0.304 e. The predicted molar refractivity (Wildman–Crippen MR) is 70.4 cm³/mol. The van der Waals surface area contributed by atoms with Gasteiger partial charge in [-0.2, -0.15) is 4.39 Å². The molecule has 0 aliphatic carbocycles. The van der Waals surface area contributed by atoms with E-state index in [2.05, 4.69) is 4.72 Å². The minimum absolute atomic E-state index is 0.0472. The molecule has 0 fully saturated rings. The number of benzene rings is 1. The summed E-state index contributed by atoms with van der Waals surface area (Å²) in [7, 11) is -3.60. The van der Waals surface area contributed by atoms with Gasteiger partial charge in [-0.25, -0.2) is 8.42 Å². The molecule has 0 aromatic heterocycles. The molecule has 0 spiro atoms. The summed E-state index contributed by atoms with van der Waals surface area (Å²) in [5.41, 5.74) is -0.751. The third-order valence-corrected chi connectivity index (χ3v) is 3.85. The van der Waals surface area contributed by atoms with E-state index in [0.29, 0.717) is 18.7 Å². The molecular formula is C10H12ClFN2O4S. The van der Waals surface area contributed by atoms with E-state index in [4.69, 9.17) is 11.6 Å². The van der Waals surface area contributed by atoms with E-state index in [1.54, 1.807) is 0 Å². The lowest BCUT2D eigenvalue weighted by Crippen LogP contribution is -2.17. The van der Waals surface area contributed by atoms with Gasteiger partial charge in [-0.1, -0.05) is 0 Å². The number of alkyl halides is 1. The molecule has 1 aromatic carbocycles. The standard InChI is InChI=1S/C10H12ClFN2O4S/c11-5-1-2-6-19(17,18)13-8-3-4-10(14(15)16)9(12)7-8/h3-4,7,13H,1-2,5-6H2. The number of nitrogens with one attached hydrogen (secondary N) is 1. The number of hydrogen-bond donors (Lipinski definition) is 1. The zero-order valence-corrected chi connectivity index (χ0v) is 11.4. The van der Waals surface area contributed by atoms with Crippen LogP contribution in [0.25, 0.3) is 0 Å². The Morgan fingerprint density at radius 1 is 1.37 bits per heavy atom. The van der Waals surface area contributed by atoms with Crippen molar-refractivity contribution in [3.63, 3.8) is 0 Å². The van der Waals surface area contributed by atoms with Crippen LogP contribution in [0.15, 0.2) is 18.2 Å². The molecule has 0 unspecified atom stereocenters. The molecule has 0 aliphatic heterocycles. The third-order valence-electron chi connectivity index (χ3n) is 2.21. The number of halogens is 2. The van der Waals surface area contributed by atoms with Crippen LogP contribution in [0.3, 0.4) is 0 Å². The van der Waals surface area contributed by atoms with Crippen LogP contribution in [0.2, 0.25) is 0 Å². The average molecular weight is 311 g/mol. The second-order valence-corrected chi connectivity index (χ2v) is 5.96. The van der Waals surface area contributed by atoms with Crippen molar-refractivity contribution < 1.29 is 17.7 Å². The summed E-state index contributed by atoms with van der Waals surface area (Å²) < 4.78 is 38.6. The molecule has 0 aliphatic rings. The van der Waals surface area contributed by atoms with Gasteiger partial charge in [0.2, 0.25) is 15.8 Å². The molecule has 1 rings (SSSR count). The van der Waals surface area contributed by atoms with Crippen molar-refractivity contribution in [3.8, 4) is 0 Å². The lowest BCUT2D eigenvalue weighted by atomic mass is 10.3. The quantitative estimate of drug-likeness (QED) is 0.362. The molecule has 0 radical (unpaired) electrons. The molecule has 19 heavy (non-hydrogen) atoms. The van der Waals surface area contributed by atoms with Crippen LogP contribution in [0.4, 0.5) is 15.8 Å². The zero-order valence-electron chi connectivity index (χ0n) is 9.80. The maximum Gasteiger partial charge on any atom is 0.304 e. The molecule has 0 atom stereocenters. The summed E-state index contributed by atoms with van der Waals surface area (Å²) in [6.45, 7) is 0. The Morgan fingerprint density at radius 2 is 2.05 bits per heavy atom. The Kier molecular flexibility index (Phi) is 5.49. The van der Waals surface area contributed by atoms with E-state index >= 15 is 0 Å². The maximum absolute atomic E-state index is 13.3. The van der Waals surface area contributed by atoms with Crippen molar-refractivity contribution >= 4 is 33.0 Å². The number of nitrogens with zero attached hydrogens (tertiary/aromatic N) is 1. The van der Waals surface area contributed by atoms with Gasteiger partial charge in [0, 0.05) is 18.0 Å². The highest BCUT2D eigenvalue weighted by Crippen LogP contribution is 2.21. The van der Waals surface area contributed by atoms with Crippen LogP contribution in [-0.4, -0.2) is 25.0 Å². The second-order valence-electron chi connectivity index (χ2n) is 3.74. The number of nitro groups is 1. The van der Waals surface area contributed by atoms with E-state index < -0.39 is 26.5 Å². The van der Waals surface area contributed by atoms with Crippen molar-refractivity contribution in [1.29, 1.82) is 0 Å². The number of unbranched alkanes of at least 4 members (excludes halogenated alkanes) is 1. The first-order chi connectivity index (χ1) is 8.85. The van der Waals surface area contributed by atoms with Gasteiger partial charge in [0.1, 0.15) is 0 Å². The fraction of sp³-hybridized carbons (Fsp3) is 0.400. The van der Waals surface area contributed by atoms with Crippen LogP contribution in [0, 0.1) is 15.9 Å². The second kappa shape index (κ2) is 6.67. The minimum Gasteiger partial charge on any atom is -0.283 e. The number of anilines is 1. The van der Waals surface area contributed by atoms with Crippen molar-refractivity contribution in [2.24, 2.45) is 0 Å². The molecule has 0 amide bonds. The fourth-order valence-corrected chi connectivity index (χ4v) is 2.70. The Morgan fingerprint density at radius 3 is 2.58 bits per heavy atom. The highest BCUT2D eigenvalue weighted by atomic mass is 35.5. The first kappa shape index (κ1) is 15.6. The van der Waals surface area contributed by atoms with E-state index in [1.165, 1.54) is 0 Å². The van der Waals surface area contributed by atoms with E-state index in [-0.39, 0.29) is 11.4 Å². The van der Waals surface area contributed by atoms with Crippen LogP contribution in [-0.2, 0) is 10.0 Å². The monoisotopic (exact) mass is 310 g/mol. The summed E-state index contributed by atoms with van der Waals surface area (Å²) >= 11 is 5.43. The van der Waals surface area contributed by atoms with Crippen LogP contribution >= 0.6 is 11.6 Å². The highest BCUT2D eigenvalue weighted by molar-refractivity contribution is 7.92. The van der Waals surface area contributed by atoms with Crippen molar-refractivity contribution in [1.82, 2.24) is 0 Å². The molecule has 1 N–H and O–H groups in total. The number of rotatable bonds is 7. The first-order valence-electron chi connectivity index (χ1n) is 5.36. The Labute approximate surface area is 114 Å². The molecule has 6 nitrogen and oxygen atoms in total. The molecule has 0 saturated carbocycles. The minimum atomic E-state index is -3.60. The maximum atomic E-state index is 13.3. The summed E-state index contributed by atoms with van der Waals surface area (Å²) in [4.78, 5) is 9.53. The Bertz CT molecular complexity index is 565. The SMILES string of the molecule is O=[N+]([O-])c1ccc(NS(=O)(=O)CCCCCl)cc1F. The molecule has 1 aromatic rings. The van der Waals surface area contributed by atoms with Gasteiger partial charge in [0.25, 0.3) is 0 Å². The molecular weight excluding hydrogens is 299 g/mol. The molecule has 0 bridgehead atoms. The van der Waals surface area contributed by atoms with Crippen LogP contribution in [0.1, 0.15) is 12.8 Å². The fourth-order valence-electron chi connectivity index (χ4n) is 1.34. The molecule has 9 heteroatoms. The van der Waals surface area contributed by atoms with Crippen LogP contribution in [0.5, 0.6) is 0 Å². The van der Waals surface area contributed by atoms with E-state index in [1.807, 2.05) is 0 Å². The smallest absolute Gasteiger partial charge is 0.283 e. The predicted octanol–water partition coefficient (Wildman–Crippen LogP) is 2.49. The topological polar surface area (TPSA) is 89.3 Å². The van der Waals surface area contributed by atoms with Crippen molar-refractivity contribution in [2.75, 3.05) is 16.4 Å². The van der Waals surface area contributed by atoms with Gasteiger partial charge >= 0.3 is 5.69 Å². The first-order valence-corrected chi connectivity index (χ1v) is 7.55. The summed E-state index contributed by atoms with van der Waals surface area (Å²) in [5, 5.41) is 10.4. The van der Waals surface area contributed by atoms with Gasteiger partial charge < -0.3 is 0 Å². The highest BCUT2D eigenvalue weighted by Gasteiger charge is 2.16. The van der Waals surface area contributed by atoms with E-state index in [0.717, 1.165) is 18.2 Å². The van der Waals surface area contributed by atoms with E-state index in [9.17, 15) is 22.9 Å². The van der Waals surface area contributed by atoms with Gasteiger partial charge in [-0.05, 0) is 18.9 Å². The lowest BCUT2D eigenvalue weighted by Gasteiger charge is -2.07. The van der Waals surface area contributed by atoms with Gasteiger partial charge in [-0.3, -0.25) is 14.8 Å². The lowest BCUT2D eigenvalue weighted by molar-refractivity contribution is -0.387. The van der Waals surface area contributed by atoms with Crippen LogP contribution < -0.4 is 4.72 Å². The van der Waals surface area contributed by atoms with Gasteiger partial charge in [0.05, 0.1) is 16.4 Å². The normalized spacial score (nSPS) is 11.3. The average Bonchev–Trinajstić information content (AvgIpc) is 2.28. The van der Waals surface area contributed by atoms with Crippen molar-refractivity contribution in [3.05, 3.63) is 34.1 Å². The number of hydrogen-bond acceptors (Lipinski definition) is 4.